The van der Waals surface area contributed by atoms with Gasteiger partial charge in [-0.15, -0.1) is 0 Å². The predicted octanol–water partition coefficient (Wildman–Crippen LogP) is 6.14. The zero-order chi connectivity index (χ0) is 19.2. The average Bonchev–Trinajstić information content (AvgIpc) is 2.66. The van der Waals surface area contributed by atoms with Gasteiger partial charge in [-0.05, 0) is 42.2 Å². The summed E-state index contributed by atoms with van der Waals surface area (Å²) in [6.07, 6.45) is 0.924. The van der Waals surface area contributed by atoms with Crippen LogP contribution in [0, 0.1) is 6.92 Å². The quantitative estimate of drug-likeness (QED) is 0.531. The number of amides is 1. The van der Waals surface area contributed by atoms with Crippen LogP contribution in [-0.2, 0) is 11.2 Å². The molecule has 0 radical (unpaired) electrons. The molecule has 0 aliphatic heterocycles. The molecule has 3 aromatic carbocycles. The van der Waals surface area contributed by atoms with Gasteiger partial charge in [0.2, 0.25) is 5.91 Å². The van der Waals surface area contributed by atoms with Gasteiger partial charge in [0.1, 0.15) is 0 Å². The molecule has 0 saturated heterocycles. The van der Waals surface area contributed by atoms with Crippen molar-refractivity contribution in [1.29, 1.82) is 0 Å². The number of carbonyl (C=O) groups is 1. The molecule has 0 aliphatic carbocycles. The molecule has 4 heteroatoms. The molecule has 0 fully saturated rings. The third kappa shape index (κ3) is 5.35. The largest absolute Gasteiger partial charge is 0.345 e. The Morgan fingerprint density at radius 2 is 1.67 bits per heavy atom. The van der Waals surface area contributed by atoms with Crippen molar-refractivity contribution in [3.05, 3.63) is 105 Å². The highest BCUT2D eigenvalue weighted by molar-refractivity contribution is 6.35. The molecule has 1 unspecified atom stereocenters. The molecule has 0 heterocycles. The summed E-state index contributed by atoms with van der Waals surface area (Å²) in [7, 11) is 0. The Bertz CT molecular complexity index is 925. The molecule has 0 saturated carbocycles. The van der Waals surface area contributed by atoms with Gasteiger partial charge < -0.3 is 5.32 Å². The SMILES string of the molecule is Cc1cccc(C(NC(=O)CCc2ccc(Cl)cc2Cl)c2ccccc2)c1. The van der Waals surface area contributed by atoms with E-state index in [-0.39, 0.29) is 11.9 Å². The van der Waals surface area contributed by atoms with Crippen molar-refractivity contribution in [3.63, 3.8) is 0 Å². The van der Waals surface area contributed by atoms with Crippen molar-refractivity contribution in [1.82, 2.24) is 5.32 Å². The second-order valence-corrected chi connectivity index (χ2v) is 7.40. The van der Waals surface area contributed by atoms with E-state index in [2.05, 4.69) is 24.4 Å². The zero-order valence-corrected chi connectivity index (χ0v) is 16.6. The van der Waals surface area contributed by atoms with Crippen LogP contribution in [0.1, 0.15) is 34.7 Å². The molecule has 27 heavy (non-hydrogen) atoms. The molecule has 3 aromatic rings. The van der Waals surface area contributed by atoms with Crippen LogP contribution in [0.3, 0.4) is 0 Å². The number of nitrogens with one attached hydrogen (secondary N) is 1. The molecule has 2 nitrogen and oxygen atoms in total. The van der Waals surface area contributed by atoms with Gasteiger partial charge in [-0.25, -0.2) is 0 Å². The van der Waals surface area contributed by atoms with Crippen molar-refractivity contribution in [2.45, 2.75) is 25.8 Å². The lowest BCUT2D eigenvalue weighted by molar-refractivity contribution is -0.121. The second kappa shape index (κ2) is 9.07. The van der Waals surface area contributed by atoms with Crippen LogP contribution < -0.4 is 5.32 Å². The minimum Gasteiger partial charge on any atom is -0.345 e. The van der Waals surface area contributed by atoms with E-state index in [0.29, 0.717) is 22.9 Å². The molecule has 0 spiro atoms. The first-order valence-electron chi connectivity index (χ1n) is 8.88. The van der Waals surface area contributed by atoms with Crippen molar-refractivity contribution in [3.8, 4) is 0 Å². The van der Waals surface area contributed by atoms with Gasteiger partial charge in [-0.3, -0.25) is 4.79 Å². The Labute approximate surface area is 170 Å². The van der Waals surface area contributed by atoms with Crippen molar-refractivity contribution in [2.24, 2.45) is 0 Å². The molecule has 1 N–H and O–H groups in total. The summed E-state index contributed by atoms with van der Waals surface area (Å²) in [5.74, 6) is -0.0172. The molecular formula is C23H21Cl2NO. The van der Waals surface area contributed by atoms with Gasteiger partial charge >= 0.3 is 0 Å². The van der Waals surface area contributed by atoms with E-state index in [1.54, 1.807) is 12.1 Å². The molecule has 0 aromatic heterocycles. The second-order valence-electron chi connectivity index (χ2n) is 6.56. The van der Waals surface area contributed by atoms with Gasteiger partial charge in [0.25, 0.3) is 0 Å². The minimum atomic E-state index is -0.181. The zero-order valence-electron chi connectivity index (χ0n) is 15.1. The van der Waals surface area contributed by atoms with Crippen LogP contribution in [0.2, 0.25) is 10.0 Å². The molecule has 0 aliphatic rings. The number of halogens is 2. The molecular weight excluding hydrogens is 377 g/mol. The van der Waals surface area contributed by atoms with Crippen LogP contribution in [0.15, 0.2) is 72.8 Å². The summed E-state index contributed by atoms with van der Waals surface area (Å²) in [6.45, 7) is 2.05. The highest BCUT2D eigenvalue weighted by atomic mass is 35.5. The summed E-state index contributed by atoms with van der Waals surface area (Å²) in [5.41, 5.74) is 4.21. The lowest BCUT2D eigenvalue weighted by atomic mass is 9.97. The number of rotatable bonds is 6. The normalized spacial score (nSPS) is 11.8. The smallest absolute Gasteiger partial charge is 0.221 e. The first-order valence-corrected chi connectivity index (χ1v) is 9.63. The van der Waals surface area contributed by atoms with E-state index in [4.69, 9.17) is 23.2 Å². The summed E-state index contributed by atoms with van der Waals surface area (Å²) < 4.78 is 0. The summed E-state index contributed by atoms with van der Waals surface area (Å²) >= 11 is 12.1. The summed E-state index contributed by atoms with van der Waals surface area (Å²) in [4.78, 5) is 12.7. The average molecular weight is 398 g/mol. The molecule has 138 valence electrons. The molecule has 1 amide bonds. The lowest BCUT2D eigenvalue weighted by Gasteiger charge is -2.20. The summed E-state index contributed by atoms with van der Waals surface area (Å²) in [5, 5.41) is 4.36. The number of aryl methyl sites for hydroxylation is 2. The van der Waals surface area contributed by atoms with Crippen LogP contribution in [-0.4, -0.2) is 5.91 Å². The van der Waals surface area contributed by atoms with E-state index < -0.39 is 0 Å². The molecule has 3 rings (SSSR count). The maximum absolute atomic E-state index is 12.7. The van der Waals surface area contributed by atoms with E-state index >= 15 is 0 Å². The van der Waals surface area contributed by atoms with Gasteiger partial charge in [0, 0.05) is 16.5 Å². The Morgan fingerprint density at radius 1 is 0.926 bits per heavy atom. The van der Waals surface area contributed by atoms with Crippen LogP contribution in [0.25, 0.3) is 0 Å². The van der Waals surface area contributed by atoms with E-state index in [1.807, 2.05) is 48.5 Å². The first kappa shape index (κ1) is 19.5. The first-order chi connectivity index (χ1) is 13.0. The van der Waals surface area contributed by atoms with E-state index in [0.717, 1.165) is 22.3 Å². The van der Waals surface area contributed by atoms with E-state index in [1.165, 1.54) is 0 Å². The highest BCUT2D eigenvalue weighted by Gasteiger charge is 2.17. The Balaban J connectivity index is 1.74. The fraction of sp³-hybridized carbons (Fsp3) is 0.174. The fourth-order valence-electron chi connectivity index (χ4n) is 3.06. The Morgan fingerprint density at radius 3 is 2.37 bits per heavy atom. The number of hydrogen-bond acceptors (Lipinski definition) is 1. The van der Waals surface area contributed by atoms with Crippen LogP contribution >= 0.6 is 23.2 Å². The number of hydrogen-bond donors (Lipinski definition) is 1. The lowest BCUT2D eigenvalue weighted by Crippen LogP contribution is -2.29. The minimum absolute atomic E-state index is 0.0172. The van der Waals surface area contributed by atoms with Crippen molar-refractivity contribution in [2.75, 3.05) is 0 Å². The van der Waals surface area contributed by atoms with Gasteiger partial charge in [-0.2, -0.15) is 0 Å². The maximum atomic E-state index is 12.7. The van der Waals surface area contributed by atoms with Crippen molar-refractivity contribution >= 4 is 29.1 Å². The fourth-order valence-corrected chi connectivity index (χ4v) is 3.56. The standard InChI is InChI=1S/C23H21Cl2NO/c1-16-6-5-9-19(14-16)23(18-7-3-2-4-8-18)26-22(27)13-11-17-10-12-20(24)15-21(17)25/h2-10,12,14-15,23H,11,13H2,1H3,(H,26,27). The Kier molecular flexibility index (Phi) is 6.54. The van der Waals surface area contributed by atoms with Crippen molar-refractivity contribution < 1.29 is 4.79 Å². The van der Waals surface area contributed by atoms with Gasteiger partial charge in [-0.1, -0.05) is 89.4 Å². The number of benzene rings is 3. The van der Waals surface area contributed by atoms with Gasteiger partial charge in [0.05, 0.1) is 6.04 Å². The maximum Gasteiger partial charge on any atom is 0.221 e. The highest BCUT2D eigenvalue weighted by Crippen LogP contribution is 2.24. The third-order valence-electron chi connectivity index (χ3n) is 4.45. The topological polar surface area (TPSA) is 29.1 Å². The van der Waals surface area contributed by atoms with Crippen LogP contribution in [0.4, 0.5) is 0 Å². The predicted molar refractivity (Wildman–Crippen MR) is 112 cm³/mol. The number of carbonyl (C=O) groups excluding carboxylic acids is 1. The van der Waals surface area contributed by atoms with Crippen LogP contribution in [0.5, 0.6) is 0 Å². The molecule has 0 bridgehead atoms. The summed E-state index contributed by atoms with van der Waals surface area (Å²) in [6, 6.07) is 23.4. The van der Waals surface area contributed by atoms with Gasteiger partial charge in [0.15, 0.2) is 0 Å². The Hall–Kier alpha value is -2.29. The van der Waals surface area contributed by atoms with E-state index in [9.17, 15) is 4.79 Å². The molecule has 1 atom stereocenters. The monoisotopic (exact) mass is 397 g/mol. The third-order valence-corrected chi connectivity index (χ3v) is 5.04.